The molecule has 4 nitrogen and oxygen atoms in total. The number of carbonyl (C=O) groups excluding carboxylic acids is 2. The van der Waals surface area contributed by atoms with Crippen molar-refractivity contribution in [2.45, 2.75) is 82.5 Å². The van der Waals surface area contributed by atoms with Gasteiger partial charge in [-0.1, -0.05) is 45.2 Å². The third-order valence-electron chi connectivity index (χ3n) is 4.03. The van der Waals surface area contributed by atoms with Gasteiger partial charge in [-0.3, -0.25) is 9.59 Å². The fourth-order valence-electron chi connectivity index (χ4n) is 2.26. The number of ether oxygens (including phenoxy) is 1. The molecule has 7 heteroatoms. The standard InChI is InChI=1S/C20H29ClFNO3S/c1-5-8-10-19(24)23-16-12-18(14(21)11-15(16)22)27-17(9-6-2)20(25)26-13(4)7-3/h11-13,17H,5-10H2,1-4H3,(H,23,24). The normalized spacial score (nSPS) is 13.1. The summed E-state index contributed by atoms with van der Waals surface area (Å²) in [5.41, 5.74) is 0.0774. The topological polar surface area (TPSA) is 55.4 Å². The second-order valence-electron chi connectivity index (χ2n) is 6.47. The number of esters is 1. The van der Waals surface area contributed by atoms with Gasteiger partial charge in [0, 0.05) is 11.3 Å². The van der Waals surface area contributed by atoms with E-state index < -0.39 is 11.1 Å². The lowest BCUT2D eigenvalue weighted by Gasteiger charge is -2.19. The van der Waals surface area contributed by atoms with Crippen molar-refractivity contribution in [2.24, 2.45) is 0 Å². The summed E-state index contributed by atoms with van der Waals surface area (Å²) < 4.78 is 19.6. The number of unbranched alkanes of at least 4 members (excludes halogenated alkanes) is 1. The molecular weight excluding hydrogens is 389 g/mol. The summed E-state index contributed by atoms with van der Waals surface area (Å²) in [7, 11) is 0. The van der Waals surface area contributed by atoms with Crippen molar-refractivity contribution in [3.05, 3.63) is 23.0 Å². The van der Waals surface area contributed by atoms with Gasteiger partial charge in [0.25, 0.3) is 0 Å². The zero-order chi connectivity index (χ0) is 20.4. The van der Waals surface area contributed by atoms with Crippen LogP contribution >= 0.6 is 23.4 Å². The van der Waals surface area contributed by atoms with Gasteiger partial charge in [0.1, 0.15) is 11.1 Å². The van der Waals surface area contributed by atoms with Gasteiger partial charge in [-0.25, -0.2) is 4.39 Å². The summed E-state index contributed by atoms with van der Waals surface area (Å²) in [6.07, 6.45) is 3.95. The summed E-state index contributed by atoms with van der Waals surface area (Å²) in [5, 5.41) is 2.36. The van der Waals surface area contributed by atoms with E-state index in [4.69, 9.17) is 16.3 Å². The smallest absolute Gasteiger partial charge is 0.319 e. The molecular formula is C20H29ClFNO3S. The third-order valence-corrected chi connectivity index (χ3v) is 5.76. The van der Waals surface area contributed by atoms with Crippen LogP contribution in [-0.2, 0) is 14.3 Å². The maximum Gasteiger partial charge on any atom is 0.319 e. The molecule has 0 fully saturated rings. The zero-order valence-corrected chi connectivity index (χ0v) is 18.0. The molecule has 0 aliphatic heterocycles. The molecule has 1 N–H and O–H groups in total. The second-order valence-corrected chi connectivity index (χ2v) is 8.12. The van der Waals surface area contributed by atoms with Gasteiger partial charge in [-0.2, -0.15) is 0 Å². The molecule has 0 heterocycles. The highest BCUT2D eigenvalue weighted by atomic mass is 35.5. The number of rotatable bonds is 11. The van der Waals surface area contributed by atoms with Crippen molar-refractivity contribution in [3.63, 3.8) is 0 Å². The molecule has 0 saturated carbocycles. The maximum atomic E-state index is 14.2. The summed E-state index contributed by atoms with van der Waals surface area (Å²) in [4.78, 5) is 24.9. The first kappa shape index (κ1) is 23.8. The fourth-order valence-corrected chi connectivity index (χ4v) is 3.72. The molecule has 0 spiro atoms. The van der Waals surface area contributed by atoms with E-state index in [-0.39, 0.29) is 28.7 Å². The minimum Gasteiger partial charge on any atom is -0.462 e. The van der Waals surface area contributed by atoms with Crippen LogP contribution in [0.1, 0.15) is 66.2 Å². The monoisotopic (exact) mass is 417 g/mol. The van der Waals surface area contributed by atoms with Gasteiger partial charge in [0.2, 0.25) is 5.91 Å². The molecule has 152 valence electrons. The lowest BCUT2D eigenvalue weighted by Crippen LogP contribution is -2.24. The Labute approximate surface area is 170 Å². The average molecular weight is 418 g/mol. The van der Waals surface area contributed by atoms with E-state index in [0.717, 1.165) is 25.7 Å². The van der Waals surface area contributed by atoms with Crippen LogP contribution in [0, 0.1) is 5.82 Å². The Bertz CT molecular complexity index is 642. The predicted octanol–water partition coefficient (Wildman–Crippen LogP) is 6.21. The van der Waals surface area contributed by atoms with E-state index in [1.54, 1.807) is 0 Å². The SMILES string of the molecule is CCCCC(=O)Nc1cc(SC(CCC)C(=O)OC(C)CC)c(Cl)cc1F. The van der Waals surface area contributed by atoms with Crippen LogP contribution < -0.4 is 5.32 Å². The van der Waals surface area contributed by atoms with Gasteiger partial charge in [-0.15, -0.1) is 11.8 Å². The Balaban J connectivity index is 2.96. The summed E-state index contributed by atoms with van der Waals surface area (Å²) >= 11 is 7.42. The lowest BCUT2D eigenvalue weighted by atomic mass is 10.2. The van der Waals surface area contributed by atoms with Crippen molar-refractivity contribution in [1.82, 2.24) is 0 Å². The zero-order valence-electron chi connectivity index (χ0n) is 16.4. The van der Waals surface area contributed by atoms with Gasteiger partial charge in [-0.05, 0) is 38.3 Å². The van der Waals surface area contributed by atoms with E-state index in [2.05, 4.69) is 5.32 Å². The Morgan fingerprint density at radius 1 is 1.26 bits per heavy atom. The first-order chi connectivity index (χ1) is 12.8. The first-order valence-electron chi connectivity index (χ1n) is 9.48. The van der Waals surface area contributed by atoms with E-state index in [1.807, 2.05) is 27.7 Å². The predicted molar refractivity (Wildman–Crippen MR) is 110 cm³/mol. The van der Waals surface area contributed by atoms with Crippen LogP contribution in [0.25, 0.3) is 0 Å². The Morgan fingerprint density at radius 2 is 1.96 bits per heavy atom. The quantitative estimate of drug-likeness (QED) is 0.343. The number of benzene rings is 1. The minimum absolute atomic E-state index is 0.0774. The number of nitrogens with one attached hydrogen (secondary N) is 1. The highest BCUT2D eigenvalue weighted by molar-refractivity contribution is 8.00. The Hall–Kier alpha value is -1.27. The lowest BCUT2D eigenvalue weighted by molar-refractivity contribution is -0.147. The van der Waals surface area contributed by atoms with Crippen LogP contribution in [0.2, 0.25) is 5.02 Å². The molecule has 0 aromatic heterocycles. The summed E-state index contributed by atoms with van der Waals surface area (Å²) in [6.45, 7) is 7.76. The van der Waals surface area contributed by atoms with Crippen molar-refractivity contribution < 1.29 is 18.7 Å². The minimum atomic E-state index is -0.594. The van der Waals surface area contributed by atoms with Gasteiger partial charge >= 0.3 is 5.97 Å². The number of amides is 1. The van der Waals surface area contributed by atoms with Crippen molar-refractivity contribution in [1.29, 1.82) is 0 Å². The number of carbonyl (C=O) groups is 2. The molecule has 0 aliphatic rings. The highest BCUT2D eigenvalue weighted by Crippen LogP contribution is 2.36. The summed E-state index contributed by atoms with van der Waals surface area (Å²) in [5.74, 6) is -1.14. The molecule has 1 aromatic rings. The third kappa shape index (κ3) is 8.09. The maximum absolute atomic E-state index is 14.2. The van der Waals surface area contributed by atoms with Crippen LogP contribution in [-0.4, -0.2) is 23.2 Å². The van der Waals surface area contributed by atoms with Gasteiger partial charge < -0.3 is 10.1 Å². The van der Waals surface area contributed by atoms with Crippen LogP contribution in [0.3, 0.4) is 0 Å². The molecule has 0 aliphatic carbocycles. The molecule has 1 aromatic carbocycles. The molecule has 2 atom stereocenters. The number of anilines is 1. The number of halogens is 2. The highest BCUT2D eigenvalue weighted by Gasteiger charge is 2.24. The van der Waals surface area contributed by atoms with E-state index >= 15 is 0 Å². The molecule has 0 radical (unpaired) electrons. The van der Waals surface area contributed by atoms with E-state index in [0.29, 0.717) is 17.7 Å². The van der Waals surface area contributed by atoms with Crippen LogP contribution in [0.4, 0.5) is 10.1 Å². The fraction of sp³-hybridized carbons (Fsp3) is 0.600. The Kier molecular flexibility index (Phi) is 10.8. The molecule has 0 saturated heterocycles. The van der Waals surface area contributed by atoms with Crippen molar-refractivity contribution >= 4 is 40.9 Å². The first-order valence-corrected chi connectivity index (χ1v) is 10.7. The number of hydrogen-bond donors (Lipinski definition) is 1. The Morgan fingerprint density at radius 3 is 2.56 bits per heavy atom. The van der Waals surface area contributed by atoms with E-state index in [9.17, 15) is 14.0 Å². The summed E-state index contributed by atoms with van der Waals surface area (Å²) in [6, 6.07) is 2.66. The molecule has 0 bridgehead atoms. The van der Waals surface area contributed by atoms with Gasteiger partial charge in [0.05, 0.1) is 16.8 Å². The average Bonchev–Trinajstić information content (AvgIpc) is 2.62. The molecule has 2 unspecified atom stereocenters. The van der Waals surface area contributed by atoms with Crippen LogP contribution in [0.5, 0.6) is 0 Å². The molecule has 1 rings (SSSR count). The largest absolute Gasteiger partial charge is 0.462 e. The van der Waals surface area contributed by atoms with Gasteiger partial charge in [0.15, 0.2) is 0 Å². The molecule has 27 heavy (non-hydrogen) atoms. The van der Waals surface area contributed by atoms with Crippen molar-refractivity contribution in [2.75, 3.05) is 5.32 Å². The molecule has 1 amide bonds. The number of hydrogen-bond acceptors (Lipinski definition) is 4. The van der Waals surface area contributed by atoms with Crippen molar-refractivity contribution in [3.8, 4) is 0 Å². The van der Waals surface area contributed by atoms with E-state index in [1.165, 1.54) is 23.9 Å². The number of thioether (sulfide) groups is 1. The second kappa shape index (κ2) is 12.2. The van der Waals surface area contributed by atoms with Crippen LogP contribution in [0.15, 0.2) is 17.0 Å².